The molecule has 1 aromatic carbocycles. The first-order valence-corrected chi connectivity index (χ1v) is 9.09. The lowest BCUT2D eigenvalue weighted by molar-refractivity contribution is 0.600. The highest BCUT2D eigenvalue weighted by Crippen LogP contribution is 2.31. The maximum absolute atomic E-state index is 12.0. The zero-order valence-electron chi connectivity index (χ0n) is 11.1. The third kappa shape index (κ3) is 2.43. The van der Waals surface area contributed by atoms with Crippen molar-refractivity contribution in [1.29, 1.82) is 0 Å². The molecular weight excluding hydrogens is 306 g/mol. The monoisotopic (exact) mass is 319 g/mol. The Bertz CT molecular complexity index is 879. The largest absolute Gasteiger partial charge is 0.297 e. The van der Waals surface area contributed by atoms with E-state index in [4.69, 9.17) is 0 Å². The van der Waals surface area contributed by atoms with Gasteiger partial charge < -0.3 is 0 Å². The lowest BCUT2D eigenvalue weighted by Gasteiger charge is -2.07. The van der Waals surface area contributed by atoms with E-state index in [1.165, 1.54) is 0 Å². The number of nitrogens with zero attached hydrogens (tertiary/aromatic N) is 2. The quantitative estimate of drug-likeness (QED) is 0.804. The highest BCUT2D eigenvalue weighted by Gasteiger charge is 2.35. The number of anilines is 1. The van der Waals surface area contributed by atoms with Gasteiger partial charge in [-0.25, -0.2) is 13.4 Å². The van der Waals surface area contributed by atoms with Crippen LogP contribution in [-0.2, 0) is 10.0 Å². The summed E-state index contributed by atoms with van der Waals surface area (Å²) in [6, 6.07) is 7.36. The van der Waals surface area contributed by atoms with Crippen molar-refractivity contribution in [2.45, 2.75) is 18.1 Å². The fourth-order valence-electron chi connectivity index (χ4n) is 2.23. The lowest BCUT2D eigenvalue weighted by Crippen LogP contribution is -2.17. The zero-order chi connectivity index (χ0) is 14.4. The van der Waals surface area contributed by atoms with Crippen LogP contribution in [-0.4, -0.2) is 23.1 Å². The van der Waals surface area contributed by atoms with Crippen molar-refractivity contribution in [1.82, 2.24) is 9.38 Å². The highest BCUT2D eigenvalue weighted by molar-refractivity contribution is 7.93. The van der Waals surface area contributed by atoms with Crippen LogP contribution in [0.15, 0.2) is 42.0 Å². The minimum atomic E-state index is -3.23. The molecule has 0 saturated heterocycles. The van der Waals surface area contributed by atoms with Gasteiger partial charge in [-0.15, -0.1) is 11.3 Å². The molecule has 4 rings (SSSR count). The van der Waals surface area contributed by atoms with Crippen LogP contribution in [0.1, 0.15) is 12.8 Å². The summed E-state index contributed by atoms with van der Waals surface area (Å²) in [5.41, 5.74) is 2.34. The average Bonchev–Trinajstić information content (AvgIpc) is 3.09. The summed E-state index contributed by atoms with van der Waals surface area (Å²) in [6.45, 7) is 0. The number of fused-ring (bicyclic) bond motifs is 1. The molecule has 0 spiro atoms. The molecule has 2 heterocycles. The number of imidazole rings is 1. The Hall–Kier alpha value is -1.86. The molecule has 1 N–H and O–H groups in total. The normalized spacial score (nSPS) is 15.4. The zero-order valence-corrected chi connectivity index (χ0v) is 12.7. The molecule has 1 aliphatic carbocycles. The fourth-order valence-corrected chi connectivity index (χ4v) is 4.31. The maximum atomic E-state index is 12.0. The predicted molar refractivity (Wildman–Crippen MR) is 84.1 cm³/mol. The van der Waals surface area contributed by atoms with Crippen LogP contribution in [0.4, 0.5) is 5.69 Å². The van der Waals surface area contributed by atoms with Gasteiger partial charge in [0.05, 0.1) is 10.9 Å². The second-order valence-corrected chi connectivity index (χ2v) is 7.98. The van der Waals surface area contributed by atoms with Gasteiger partial charge in [-0.3, -0.25) is 9.12 Å². The van der Waals surface area contributed by atoms with Gasteiger partial charge in [-0.1, -0.05) is 12.1 Å². The van der Waals surface area contributed by atoms with Crippen LogP contribution in [0.25, 0.3) is 16.2 Å². The molecule has 0 aliphatic heterocycles. The first-order valence-electron chi connectivity index (χ1n) is 6.66. The van der Waals surface area contributed by atoms with E-state index >= 15 is 0 Å². The molecule has 0 atom stereocenters. The third-order valence-corrected chi connectivity index (χ3v) is 6.11. The Labute approximate surface area is 126 Å². The van der Waals surface area contributed by atoms with E-state index in [0.29, 0.717) is 5.69 Å². The third-order valence-electron chi connectivity index (χ3n) is 3.47. The molecular formula is C14H13N3O2S2. The lowest BCUT2D eigenvalue weighted by atomic mass is 10.1. The minimum Gasteiger partial charge on any atom is -0.297 e. The van der Waals surface area contributed by atoms with E-state index in [-0.39, 0.29) is 5.25 Å². The summed E-state index contributed by atoms with van der Waals surface area (Å²) in [6.07, 6.45) is 5.41. The van der Waals surface area contributed by atoms with Gasteiger partial charge in [0.1, 0.15) is 0 Å². The minimum absolute atomic E-state index is 0.223. The van der Waals surface area contributed by atoms with Gasteiger partial charge in [0.25, 0.3) is 0 Å². The van der Waals surface area contributed by atoms with Gasteiger partial charge in [0, 0.05) is 29.0 Å². The Kier molecular flexibility index (Phi) is 2.80. The summed E-state index contributed by atoms with van der Waals surface area (Å²) in [4.78, 5) is 5.46. The van der Waals surface area contributed by atoms with Gasteiger partial charge in [0.15, 0.2) is 4.96 Å². The van der Waals surface area contributed by atoms with Crippen LogP contribution in [0, 0.1) is 0 Å². The number of rotatable bonds is 4. The molecule has 21 heavy (non-hydrogen) atoms. The summed E-state index contributed by atoms with van der Waals surface area (Å²) < 4.78 is 28.6. The molecule has 108 valence electrons. The van der Waals surface area contributed by atoms with Crippen molar-refractivity contribution in [2.24, 2.45) is 0 Å². The molecule has 2 aromatic heterocycles. The van der Waals surface area contributed by atoms with Crippen LogP contribution in [0.5, 0.6) is 0 Å². The second kappa shape index (κ2) is 4.57. The Morgan fingerprint density at radius 2 is 2.19 bits per heavy atom. The Morgan fingerprint density at radius 3 is 2.95 bits per heavy atom. The SMILES string of the molecule is O=S(=O)(Nc1cccc(-c2cn3ccsc3n2)c1)C1CC1. The van der Waals surface area contributed by atoms with Crippen molar-refractivity contribution >= 4 is 32.0 Å². The Balaban J connectivity index is 1.67. The summed E-state index contributed by atoms with van der Waals surface area (Å²) >= 11 is 1.57. The number of hydrogen-bond acceptors (Lipinski definition) is 4. The average molecular weight is 319 g/mol. The molecule has 1 aliphatic rings. The van der Waals surface area contributed by atoms with Gasteiger partial charge in [-0.2, -0.15) is 0 Å². The van der Waals surface area contributed by atoms with Crippen molar-refractivity contribution < 1.29 is 8.42 Å². The summed E-state index contributed by atoms with van der Waals surface area (Å²) in [5, 5.41) is 1.76. The first kappa shape index (κ1) is 12.8. The van der Waals surface area contributed by atoms with E-state index in [9.17, 15) is 8.42 Å². The maximum Gasteiger partial charge on any atom is 0.235 e. The van der Waals surface area contributed by atoms with Crippen molar-refractivity contribution in [3.05, 3.63) is 42.0 Å². The molecule has 5 nitrogen and oxygen atoms in total. The molecule has 7 heteroatoms. The number of thiazole rings is 1. The molecule has 1 saturated carbocycles. The molecule has 1 fully saturated rings. The van der Waals surface area contributed by atoms with Crippen molar-refractivity contribution in [3.8, 4) is 11.3 Å². The van der Waals surface area contributed by atoms with Crippen molar-refractivity contribution in [3.63, 3.8) is 0 Å². The molecule has 0 bridgehead atoms. The molecule has 0 unspecified atom stereocenters. The fraction of sp³-hybridized carbons (Fsp3) is 0.214. The van der Waals surface area contributed by atoms with Crippen molar-refractivity contribution in [2.75, 3.05) is 4.72 Å². The number of benzene rings is 1. The number of hydrogen-bond donors (Lipinski definition) is 1. The van der Waals surface area contributed by atoms with Gasteiger partial charge in [0.2, 0.25) is 10.0 Å². The smallest absolute Gasteiger partial charge is 0.235 e. The van der Waals surface area contributed by atoms with E-state index in [0.717, 1.165) is 29.1 Å². The Morgan fingerprint density at radius 1 is 1.33 bits per heavy atom. The van der Waals surface area contributed by atoms with Gasteiger partial charge >= 0.3 is 0 Å². The van der Waals surface area contributed by atoms with E-state index in [2.05, 4.69) is 9.71 Å². The second-order valence-electron chi connectivity index (χ2n) is 5.15. The standard InChI is InChI=1S/C14H13N3O2S2/c18-21(19,12-4-5-12)16-11-3-1-2-10(8-11)13-9-17-6-7-20-14(17)15-13/h1-3,6-9,12,16H,4-5H2. The van der Waals surface area contributed by atoms with Crippen LogP contribution >= 0.6 is 11.3 Å². The number of aromatic nitrogens is 2. The summed E-state index contributed by atoms with van der Waals surface area (Å²) in [7, 11) is -3.23. The van der Waals surface area contributed by atoms with Crippen LogP contribution in [0.2, 0.25) is 0 Å². The molecule has 3 aromatic rings. The first-order chi connectivity index (χ1) is 10.1. The molecule has 0 radical (unpaired) electrons. The van der Waals surface area contributed by atoms with E-state index < -0.39 is 10.0 Å². The molecule has 0 amide bonds. The summed E-state index contributed by atoms with van der Waals surface area (Å²) in [5.74, 6) is 0. The van der Waals surface area contributed by atoms with E-state index in [1.54, 1.807) is 17.4 Å². The number of sulfonamides is 1. The topological polar surface area (TPSA) is 63.5 Å². The van der Waals surface area contributed by atoms with E-state index in [1.807, 2.05) is 40.4 Å². The number of nitrogens with one attached hydrogen (secondary N) is 1. The van der Waals surface area contributed by atoms with Gasteiger partial charge in [-0.05, 0) is 25.0 Å². The predicted octanol–water partition coefficient (Wildman–Crippen LogP) is 2.97. The van der Waals surface area contributed by atoms with Crippen LogP contribution < -0.4 is 4.72 Å². The van der Waals surface area contributed by atoms with Crippen LogP contribution in [0.3, 0.4) is 0 Å². The highest BCUT2D eigenvalue weighted by atomic mass is 32.2.